The Morgan fingerprint density at radius 3 is 2.42 bits per heavy atom. The molecule has 128 valence electrons. The van der Waals surface area contributed by atoms with Crippen LogP contribution in [0.5, 0.6) is 5.75 Å². The highest BCUT2D eigenvalue weighted by molar-refractivity contribution is 5.93. The van der Waals surface area contributed by atoms with Gasteiger partial charge in [-0.1, -0.05) is 39.0 Å². The van der Waals surface area contributed by atoms with Crippen molar-refractivity contribution in [2.75, 3.05) is 13.2 Å². The minimum Gasteiger partial charge on any atom is -0.491 e. The van der Waals surface area contributed by atoms with Crippen LogP contribution in [0.4, 0.5) is 0 Å². The van der Waals surface area contributed by atoms with E-state index in [1.807, 2.05) is 24.3 Å². The molecule has 0 radical (unpaired) electrons. The number of rotatable bonds is 6. The second-order valence-corrected chi connectivity index (χ2v) is 6.32. The number of furan rings is 1. The smallest absolute Gasteiger partial charge is 0.371 e. The zero-order valence-corrected chi connectivity index (χ0v) is 14.0. The van der Waals surface area contributed by atoms with Crippen molar-refractivity contribution in [1.82, 2.24) is 5.32 Å². The number of aromatic carboxylic acids is 1. The van der Waals surface area contributed by atoms with Gasteiger partial charge in [0.05, 0.1) is 6.54 Å². The second-order valence-electron chi connectivity index (χ2n) is 6.32. The van der Waals surface area contributed by atoms with Gasteiger partial charge in [0.2, 0.25) is 5.76 Å². The van der Waals surface area contributed by atoms with Crippen LogP contribution in [-0.2, 0) is 5.41 Å². The maximum atomic E-state index is 11.9. The fourth-order valence-electron chi connectivity index (χ4n) is 2.20. The Bertz CT molecular complexity index is 727. The summed E-state index contributed by atoms with van der Waals surface area (Å²) in [6.45, 7) is 6.89. The number of carbonyl (C=O) groups excluding carboxylic acids is 1. The lowest BCUT2D eigenvalue weighted by molar-refractivity contribution is 0.0659. The highest BCUT2D eigenvalue weighted by Gasteiger charge is 2.18. The van der Waals surface area contributed by atoms with Crippen LogP contribution in [0.3, 0.4) is 0 Å². The molecule has 6 nitrogen and oxygen atoms in total. The van der Waals surface area contributed by atoms with Crippen molar-refractivity contribution >= 4 is 11.9 Å². The van der Waals surface area contributed by atoms with E-state index in [-0.39, 0.29) is 23.5 Å². The summed E-state index contributed by atoms with van der Waals surface area (Å²) in [7, 11) is 0. The molecule has 1 heterocycles. The van der Waals surface area contributed by atoms with Crippen LogP contribution in [0, 0.1) is 0 Å². The Balaban J connectivity index is 1.87. The van der Waals surface area contributed by atoms with Crippen LogP contribution in [-0.4, -0.2) is 30.1 Å². The lowest BCUT2D eigenvalue weighted by atomic mass is 9.86. The largest absolute Gasteiger partial charge is 0.491 e. The van der Waals surface area contributed by atoms with Crippen molar-refractivity contribution < 1.29 is 23.8 Å². The first-order chi connectivity index (χ1) is 11.3. The highest BCUT2D eigenvalue weighted by atomic mass is 16.5. The van der Waals surface area contributed by atoms with Gasteiger partial charge in [-0.05, 0) is 29.2 Å². The lowest BCUT2D eigenvalue weighted by Gasteiger charge is -2.22. The number of benzene rings is 1. The van der Waals surface area contributed by atoms with E-state index in [0.717, 1.165) is 11.3 Å². The van der Waals surface area contributed by atoms with Crippen LogP contribution < -0.4 is 10.1 Å². The van der Waals surface area contributed by atoms with Crippen molar-refractivity contribution in [2.24, 2.45) is 0 Å². The van der Waals surface area contributed by atoms with Gasteiger partial charge in [0.1, 0.15) is 12.4 Å². The molecule has 0 aliphatic heterocycles. The summed E-state index contributed by atoms with van der Waals surface area (Å²) < 4.78 is 10.7. The number of hydrogen-bond acceptors (Lipinski definition) is 4. The summed E-state index contributed by atoms with van der Waals surface area (Å²) in [6.07, 6.45) is 0. The average molecular weight is 331 g/mol. The molecule has 2 aromatic rings. The van der Waals surface area contributed by atoms with Gasteiger partial charge in [-0.25, -0.2) is 4.79 Å². The van der Waals surface area contributed by atoms with Crippen LogP contribution in [0.15, 0.2) is 40.8 Å². The predicted molar refractivity (Wildman–Crippen MR) is 88.6 cm³/mol. The number of para-hydroxylation sites is 1. The van der Waals surface area contributed by atoms with E-state index in [1.165, 1.54) is 12.1 Å². The molecule has 0 aliphatic rings. The minimum atomic E-state index is -1.21. The fourth-order valence-corrected chi connectivity index (χ4v) is 2.20. The zero-order valence-electron chi connectivity index (χ0n) is 14.0. The highest BCUT2D eigenvalue weighted by Crippen LogP contribution is 2.30. The van der Waals surface area contributed by atoms with Gasteiger partial charge in [0, 0.05) is 0 Å². The van der Waals surface area contributed by atoms with E-state index in [2.05, 4.69) is 26.1 Å². The van der Waals surface area contributed by atoms with Gasteiger partial charge in [0.25, 0.3) is 5.91 Å². The van der Waals surface area contributed by atoms with E-state index in [4.69, 9.17) is 14.3 Å². The molecule has 6 heteroatoms. The quantitative estimate of drug-likeness (QED) is 0.794. The summed E-state index contributed by atoms with van der Waals surface area (Å²) >= 11 is 0. The first-order valence-corrected chi connectivity index (χ1v) is 7.62. The third-order valence-corrected chi connectivity index (χ3v) is 3.38. The van der Waals surface area contributed by atoms with Gasteiger partial charge in [-0.15, -0.1) is 0 Å². The Labute approximate surface area is 140 Å². The van der Waals surface area contributed by atoms with Crippen molar-refractivity contribution in [3.05, 3.63) is 53.5 Å². The number of carbonyl (C=O) groups is 2. The molecule has 0 unspecified atom stereocenters. The molecule has 2 rings (SSSR count). The van der Waals surface area contributed by atoms with Gasteiger partial charge < -0.3 is 19.6 Å². The maximum absolute atomic E-state index is 11.9. The van der Waals surface area contributed by atoms with E-state index in [1.54, 1.807) is 0 Å². The average Bonchev–Trinajstić information content (AvgIpc) is 3.01. The minimum absolute atomic E-state index is 0.0394. The third-order valence-electron chi connectivity index (χ3n) is 3.38. The molecule has 1 aromatic carbocycles. The van der Waals surface area contributed by atoms with E-state index >= 15 is 0 Å². The standard InChI is InChI=1S/C18H21NO5/c1-18(2,3)12-6-4-5-7-13(12)23-11-10-19-16(20)14-8-9-15(24-14)17(21)22/h4-9H,10-11H2,1-3H3,(H,19,20)(H,21,22). The van der Waals surface area contributed by atoms with E-state index in [0.29, 0.717) is 6.61 Å². The molecule has 0 atom stereocenters. The predicted octanol–water partition coefficient (Wildman–Crippen LogP) is 3.08. The van der Waals surface area contributed by atoms with Crippen molar-refractivity contribution in [3.63, 3.8) is 0 Å². The maximum Gasteiger partial charge on any atom is 0.371 e. The monoisotopic (exact) mass is 331 g/mol. The van der Waals surface area contributed by atoms with Crippen LogP contribution in [0.1, 0.15) is 47.4 Å². The summed E-state index contributed by atoms with van der Waals surface area (Å²) in [5, 5.41) is 11.4. The van der Waals surface area contributed by atoms with E-state index < -0.39 is 11.9 Å². The first-order valence-electron chi connectivity index (χ1n) is 7.62. The van der Waals surface area contributed by atoms with Gasteiger partial charge >= 0.3 is 5.97 Å². The van der Waals surface area contributed by atoms with Crippen LogP contribution in [0.25, 0.3) is 0 Å². The van der Waals surface area contributed by atoms with Crippen LogP contribution >= 0.6 is 0 Å². The number of hydrogen-bond donors (Lipinski definition) is 2. The van der Waals surface area contributed by atoms with Gasteiger partial charge in [-0.3, -0.25) is 4.79 Å². The van der Waals surface area contributed by atoms with Gasteiger partial charge in [0.15, 0.2) is 5.76 Å². The van der Waals surface area contributed by atoms with Crippen molar-refractivity contribution in [2.45, 2.75) is 26.2 Å². The Hall–Kier alpha value is -2.76. The number of carboxylic acid groups (broad SMARTS) is 1. The van der Waals surface area contributed by atoms with Gasteiger partial charge in [-0.2, -0.15) is 0 Å². The molecular formula is C18H21NO5. The molecule has 1 amide bonds. The normalized spacial score (nSPS) is 11.1. The van der Waals surface area contributed by atoms with E-state index in [9.17, 15) is 9.59 Å². The molecule has 24 heavy (non-hydrogen) atoms. The third kappa shape index (κ3) is 4.38. The fraction of sp³-hybridized carbons (Fsp3) is 0.333. The number of carboxylic acids is 1. The molecule has 0 fully saturated rings. The number of amides is 1. The Morgan fingerprint density at radius 1 is 1.12 bits per heavy atom. The summed E-state index contributed by atoms with van der Waals surface area (Å²) in [4.78, 5) is 22.6. The number of ether oxygens (including phenoxy) is 1. The molecule has 2 N–H and O–H groups in total. The Morgan fingerprint density at radius 2 is 1.79 bits per heavy atom. The summed E-state index contributed by atoms with van der Waals surface area (Å²) in [5.74, 6) is -1.21. The topological polar surface area (TPSA) is 88.8 Å². The van der Waals surface area contributed by atoms with Crippen molar-refractivity contribution in [3.8, 4) is 5.75 Å². The molecule has 0 bridgehead atoms. The van der Waals surface area contributed by atoms with Crippen molar-refractivity contribution in [1.29, 1.82) is 0 Å². The molecule has 1 aromatic heterocycles. The van der Waals surface area contributed by atoms with Crippen LogP contribution in [0.2, 0.25) is 0 Å². The number of nitrogens with one attached hydrogen (secondary N) is 1. The summed E-state index contributed by atoms with van der Waals surface area (Å²) in [6, 6.07) is 10.4. The molecular weight excluding hydrogens is 310 g/mol. The lowest BCUT2D eigenvalue weighted by Crippen LogP contribution is -2.28. The Kier molecular flexibility index (Phi) is 5.28. The molecule has 0 aliphatic carbocycles. The second kappa shape index (κ2) is 7.21. The molecule has 0 spiro atoms. The molecule has 0 saturated heterocycles. The first kappa shape index (κ1) is 17.6. The molecule has 0 saturated carbocycles. The zero-order chi connectivity index (χ0) is 17.7. The SMILES string of the molecule is CC(C)(C)c1ccccc1OCCNC(=O)c1ccc(C(=O)O)o1. The summed E-state index contributed by atoms with van der Waals surface area (Å²) in [5.41, 5.74) is 1.05.